The highest BCUT2D eigenvalue weighted by molar-refractivity contribution is 7.74. The van der Waals surface area contributed by atoms with Crippen molar-refractivity contribution in [2.24, 2.45) is 5.41 Å². The van der Waals surface area contributed by atoms with Crippen LogP contribution in [0.3, 0.4) is 0 Å². The van der Waals surface area contributed by atoms with Crippen LogP contribution in [0.2, 0.25) is 0 Å². The largest absolute Gasteiger partial charge is 0.352 e. The van der Waals surface area contributed by atoms with E-state index in [2.05, 4.69) is 14.9 Å². The highest BCUT2D eigenvalue weighted by Gasteiger charge is 2.49. The Bertz CT molecular complexity index is 518. The van der Waals surface area contributed by atoms with E-state index in [0.29, 0.717) is 18.3 Å². The van der Waals surface area contributed by atoms with Gasteiger partial charge >= 0.3 is 17.4 Å². The molecule has 3 fully saturated rings. The Balaban J connectivity index is 1.55. The van der Waals surface area contributed by atoms with Crippen molar-refractivity contribution in [3.05, 3.63) is 0 Å². The van der Waals surface area contributed by atoms with E-state index in [9.17, 15) is 13.8 Å². The highest BCUT2D eigenvalue weighted by atomic mass is 32.2. The van der Waals surface area contributed by atoms with Gasteiger partial charge in [0.05, 0.1) is 6.54 Å². The van der Waals surface area contributed by atoms with Crippen molar-refractivity contribution < 1.29 is 22.6 Å². The van der Waals surface area contributed by atoms with Crippen molar-refractivity contribution in [1.29, 1.82) is 0 Å². The van der Waals surface area contributed by atoms with E-state index in [4.69, 9.17) is 4.55 Å². The van der Waals surface area contributed by atoms with Crippen molar-refractivity contribution in [2.75, 3.05) is 26.7 Å². The molecule has 2 atom stereocenters. The molecular weight excluding hydrogens is 324 g/mol. The summed E-state index contributed by atoms with van der Waals surface area (Å²) in [6.45, 7) is 2.22. The van der Waals surface area contributed by atoms with Crippen LogP contribution in [0.15, 0.2) is 0 Å². The summed E-state index contributed by atoms with van der Waals surface area (Å²) in [6, 6.07) is -0.994. The van der Waals surface area contributed by atoms with E-state index >= 15 is 0 Å². The van der Waals surface area contributed by atoms with Gasteiger partial charge in [-0.25, -0.2) is 4.79 Å². The molecule has 3 N–H and O–H groups in total. The fourth-order valence-corrected chi connectivity index (χ4v) is 3.92. The first-order chi connectivity index (χ1) is 10.9. The number of carbonyl (C=O) groups excluding carboxylic acids is 2. The van der Waals surface area contributed by atoms with Crippen molar-refractivity contribution in [2.45, 2.75) is 37.8 Å². The molecule has 10 heteroatoms. The molecule has 130 valence electrons. The van der Waals surface area contributed by atoms with E-state index in [1.807, 2.05) is 0 Å². The molecule has 2 heterocycles. The molecule has 3 aliphatic rings. The normalized spacial score (nSPS) is 28.8. The standard InChI is InChI=1S/C13H22N4O5S/c1-16-10(3-2-4-17(12(16)19)22-23(20)21)11(18)15-9-5-13(6-9)7-14-8-13/h9-10,14H,2-8H2,1H3,(H,15,18)(H,20,21)/t10-/m1/s1. The lowest BCUT2D eigenvalue weighted by molar-refractivity contribution is -0.128. The number of rotatable bonds is 4. The van der Waals surface area contributed by atoms with Crippen molar-refractivity contribution in [3.63, 3.8) is 0 Å². The van der Waals surface area contributed by atoms with Gasteiger partial charge in [-0.3, -0.25) is 9.35 Å². The van der Waals surface area contributed by atoms with Crippen LogP contribution in [0.5, 0.6) is 0 Å². The van der Waals surface area contributed by atoms with Crippen LogP contribution in [-0.4, -0.2) is 69.4 Å². The van der Waals surface area contributed by atoms with Crippen molar-refractivity contribution >= 4 is 23.3 Å². The van der Waals surface area contributed by atoms with Crippen LogP contribution in [0.25, 0.3) is 0 Å². The number of nitrogens with one attached hydrogen (secondary N) is 2. The molecule has 3 rings (SSSR count). The predicted molar refractivity (Wildman–Crippen MR) is 81.2 cm³/mol. The number of hydroxylamine groups is 2. The Kier molecular flexibility index (Phi) is 4.59. The average Bonchev–Trinajstić information content (AvgIpc) is 2.53. The van der Waals surface area contributed by atoms with Crippen LogP contribution in [0.4, 0.5) is 4.79 Å². The van der Waals surface area contributed by atoms with Crippen molar-refractivity contribution in [1.82, 2.24) is 20.6 Å². The fourth-order valence-electron chi connectivity index (χ4n) is 3.63. The average molecular weight is 346 g/mol. The van der Waals surface area contributed by atoms with Gasteiger partial charge in [-0.05, 0) is 31.1 Å². The smallest absolute Gasteiger partial charge is 0.345 e. The number of urea groups is 1. The lowest BCUT2D eigenvalue weighted by Gasteiger charge is -2.54. The molecule has 1 spiro atoms. The maximum Gasteiger partial charge on any atom is 0.345 e. The molecule has 9 nitrogen and oxygen atoms in total. The van der Waals surface area contributed by atoms with Gasteiger partial charge in [-0.15, -0.1) is 4.28 Å². The second kappa shape index (κ2) is 6.34. The first-order valence-electron chi connectivity index (χ1n) is 7.75. The molecule has 3 amide bonds. The molecule has 2 aliphatic heterocycles. The van der Waals surface area contributed by atoms with E-state index in [-0.39, 0.29) is 18.5 Å². The summed E-state index contributed by atoms with van der Waals surface area (Å²) in [7, 11) is 1.51. The van der Waals surface area contributed by atoms with Gasteiger partial charge < -0.3 is 15.5 Å². The minimum Gasteiger partial charge on any atom is -0.352 e. The molecule has 0 bridgehead atoms. The summed E-state index contributed by atoms with van der Waals surface area (Å²) in [5.74, 6) is -0.167. The third-order valence-electron chi connectivity index (χ3n) is 4.98. The maximum atomic E-state index is 12.5. The fraction of sp³-hybridized carbons (Fsp3) is 0.846. The monoisotopic (exact) mass is 346 g/mol. The minimum absolute atomic E-state index is 0.167. The first-order valence-corrected chi connectivity index (χ1v) is 8.78. The van der Waals surface area contributed by atoms with Crippen LogP contribution in [-0.2, 0) is 20.4 Å². The van der Waals surface area contributed by atoms with Gasteiger partial charge in [-0.2, -0.15) is 9.27 Å². The van der Waals surface area contributed by atoms with Gasteiger partial charge in [0.25, 0.3) is 0 Å². The lowest BCUT2D eigenvalue weighted by atomic mass is 9.61. The van der Waals surface area contributed by atoms with Gasteiger partial charge in [0.2, 0.25) is 5.91 Å². The lowest BCUT2D eigenvalue weighted by Crippen LogP contribution is -2.66. The zero-order valence-electron chi connectivity index (χ0n) is 13.0. The molecule has 0 radical (unpaired) electrons. The second-order valence-corrected chi connectivity index (χ2v) is 7.25. The van der Waals surface area contributed by atoms with Crippen LogP contribution in [0.1, 0.15) is 25.7 Å². The summed E-state index contributed by atoms with van der Waals surface area (Å²) >= 11 is -2.56. The van der Waals surface area contributed by atoms with E-state index in [1.165, 1.54) is 11.9 Å². The number of hydrogen-bond acceptors (Lipinski definition) is 5. The molecular formula is C13H22N4O5S. The summed E-state index contributed by atoms with van der Waals surface area (Å²) in [6.07, 6.45) is 2.97. The number of likely N-dealkylation sites (N-methyl/N-ethyl adjacent to an activating group) is 1. The summed E-state index contributed by atoms with van der Waals surface area (Å²) in [5.41, 5.74) is 0.374. The quantitative estimate of drug-likeness (QED) is 0.589. The summed E-state index contributed by atoms with van der Waals surface area (Å²) in [4.78, 5) is 26.0. The minimum atomic E-state index is -2.56. The molecule has 1 saturated carbocycles. The maximum absolute atomic E-state index is 12.5. The van der Waals surface area contributed by atoms with Gasteiger partial charge in [0, 0.05) is 26.2 Å². The Morgan fingerprint density at radius 2 is 2.17 bits per heavy atom. The van der Waals surface area contributed by atoms with Crippen LogP contribution in [0, 0.1) is 5.41 Å². The van der Waals surface area contributed by atoms with Crippen LogP contribution >= 0.6 is 0 Å². The number of amides is 3. The Labute approximate surface area is 137 Å². The van der Waals surface area contributed by atoms with E-state index in [1.54, 1.807) is 0 Å². The number of hydrogen-bond donors (Lipinski definition) is 3. The van der Waals surface area contributed by atoms with Gasteiger partial charge in [0.15, 0.2) is 0 Å². The molecule has 0 aromatic carbocycles. The Morgan fingerprint density at radius 3 is 2.74 bits per heavy atom. The number of carbonyl (C=O) groups is 2. The predicted octanol–water partition coefficient (Wildman–Crippen LogP) is -0.561. The zero-order chi connectivity index (χ0) is 16.6. The van der Waals surface area contributed by atoms with Gasteiger partial charge in [0.1, 0.15) is 6.04 Å². The van der Waals surface area contributed by atoms with Crippen LogP contribution < -0.4 is 10.6 Å². The Hall–Kier alpha value is -1.23. The SMILES string of the molecule is CN1C(=O)N(OS(=O)O)CCC[C@@H]1C(=O)NC1CC2(CNC2)C1. The molecule has 0 aromatic heterocycles. The van der Waals surface area contributed by atoms with Gasteiger partial charge in [-0.1, -0.05) is 0 Å². The molecule has 1 unspecified atom stereocenters. The highest BCUT2D eigenvalue weighted by Crippen LogP contribution is 2.44. The molecule has 0 aromatic rings. The summed E-state index contributed by atoms with van der Waals surface area (Å²) < 4.78 is 24.1. The molecule has 23 heavy (non-hydrogen) atoms. The first kappa shape index (κ1) is 16.6. The van der Waals surface area contributed by atoms with Crippen molar-refractivity contribution in [3.8, 4) is 0 Å². The zero-order valence-corrected chi connectivity index (χ0v) is 13.8. The third-order valence-corrected chi connectivity index (χ3v) is 5.29. The molecule has 2 saturated heterocycles. The Morgan fingerprint density at radius 1 is 1.48 bits per heavy atom. The van der Waals surface area contributed by atoms with E-state index in [0.717, 1.165) is 31.0 Å². The summed E-state index contributed by atoms with van der Waals surface area (Å²) in [5, 5.41) is 7.10. The topological polar surface area (TPSA) is 111 Å². The number of nitrogens with zero attached hydrogens (tertiary/aromatic N) is 2. The van der Waals surface area contributed by atoms with E-state index < -0.39 is 23.4 Å². The third kappa shape index (κ3) is 3.35. The molecule has 1 aliphatic carbocycles. The second-order valence-electron chi connectivity index (χ2n) is 6.66.